The summed E-state index contributed by atoms with van der Waals surface area (Å²) < 4.78 is 1.44. The van der Waals surface area contributed by atoms with E-state index < -0.39 is 6.04 Å². The zero-order valence-corrected chi connectivity index (χ0v) is 16.3. The molecule has 2 aromatic carbocycles. The number of benzene rings is 2. The highest BCUT2D eigenvalue weighted by Crippen LogP contribution is 2.31. The SMILES string of the molecule is Cc1ccc(-c2nc3n(n2)[C@H](CC(=O)Nc2cccc(Cl)c2Cl)C(=O)N3)cc1. The highest BCUT2D eigenvalue weighted by atomic mass is 35.5. The normalized spacial score (nSPS) is 15.2. The van der Waals surface area contributed by atoms with Crippen molar-refractivity contribution in [1.29, 1.82) is 0 Å². The molecule has 3 aromatic rings. The van der Waals surface area contributed by atoms with Crippen molar-refractivity contribution >= 4 is 46.7 Å². The van der Waals surface area contributed by atoms with Crippen LogP contribution in [0.2, 0.25) is 10.0 Å². The molecule has 1 atom stereocenters. The quantitative estimate of drug-likeness (QED) is 0.671. The summed E-state index contributed by atoms with van der Waals surface area (Å²) >= 11 is 12.1. The first-order valence-electron chi connectivity index (χ1n) is 8.50. The van der Waals surface area contributed by atoms with E-state index in [4.69, 9.17) is 23.2 Å². The third-order valence-corrected chi connectivity index (χ3v) is 5.20. The molecule has 0 spiro atoms. The van der Waals surface area contributed by atoms with E-state index in [0.29, 0.717) is 22.5 Å². The first-order chi connectivity index (χ1) is 13.4. The predicted molar refractivity (Wildman–Crippen MR) is 108 cm³/mol. The molecule has 0 saturated heterocycles. The van der Waals surface area contributed by atoms with Crippen LogP contribution in [0.15, 0.2) is 42.5 Å². The number of amides is 2. The molecule has 0 unspecified atom stereocenters. The summed E-state index contributed by atoms with van der Waals surface area (Å²) in [5.74, 6) is 0.0832. The summed E-state index contributed by atoms with van der Waals surface area (Å²) in [7, 11) is 0. The molecule has 0 aliphatic carbocycles. The number of nitrogens with zero attached hydrogens (tertiary/aromatic N) is 3. The molecular formula is C19H15Cl2N5O2. The molecule has 0 fully saturated rings. The number of carbonyl (C=O) groups is 2. The number of nitrogens with one attached hydrogen (secondary N) is 2. The highest BCUT2D eigenvalue weighted by molar-refractivity contribution is 6.44. The Kier molecular flexibility index (Phi) is 4.78. The van der Waals surface area contributed by atoms with Gasteiger partial charge in [0, 0.05) is 5.56 Å². The van der Waals surface area contributed by atoms with Crippen molar-refractivity contribution in [3.63, 3.8) is 0 Å². The third kappa shape index (κ3) is 3.46. The largest absolute Gasteiger partial charge is 0.325 e. The Morgan fingerprint density at radius 2 is 1.96 bits per heavy atom. The van der Waals surface area contributed by atoms with Gasteiger partial charge in [-0.2, -0.15) is 4.98 Å². The molecule has 142 valence electrons. The van der Waals surface area contributed by atoms with Crippen LogP contribution in [0.25, 0.3) is 11.4 Å². The van der Waals surface area contributed by atoms with E-state index in [9.17, 15) is 9.59 Å². The lowest BCUT2D eigenvalue weighted by molar-refractivity contribution is -0.123. The van der Waals surface area contributed by atoms with Gasteiger partial charge >= 0.3 is 0 Å². The topological polar surface area (TPSA) is 88.9 Å². The van der Waals surface area contributed by atoms with E-state index in [1.807, 2.05) is 31.2 Å². The van der Waals surface area contributed by atoms with E-state index in [0.717, 1.165) is 11.1 Å². The van der Waals surface area contributed by atoms with Crippen molar-refractivity contribution in [2.24, 2.45) is 0 Å². The third-order valence-electron chi connectivity index (χ3n) is 4.38. The number of hydrogen-bond donors (Lipinski definition) is 2. The molecule has 2 heterocycles. The average molecular weight is 416 g/mol. The lowest BCUT2D eigenvalue weighted by Crippen LogP contribution is -2.23. The van der Waals surface area contributed by atoms with Crippen LogP contribution in [0, 0.1) is 6.92 Å². The second-order valence-corrected chi connectivity index (χ2v) is 7.21. The van der Waals surface area contributed by atoms with Gasteiger partial charge in [0.1, 0.15) is 6.04 Å². The van der Waals surface area contributed by atoms with E-state index >= 15 is 0 Å². The van der Waals surface area contributed by atoms with Gasteiger partial charge in [-0.3, -0.25) is 14.9 Å². The average Bonchev–Trinajstić information content (AvgIpc) is 3.18. The molecule has 28 heavy (non-hydrogen) atoms. The molecule has 0 saturated carbocycles. The van der Waals surface area contributed by atoms with Crippen molar-refractivity contribution in [3.05, 3.63) is 58.1 Å². The summed E-state index contributed by atoms with van der Waals surface area (Å²) in [5, 5.41) is 10.3. The Morgan fingerprint density at radius 1 is 1.21 bits per heavy atom. The Hall–Kier alpha value is -2.90. The van der Waals surface area contributed by atoms with Crippen LogP contribution in [0.3, 0.4) is 0 Å². The lowest BCUT2D eigenvalue weighted by Gasteiger charge is -2.11. The minimum atomic E-state index is -0.792. The van der Waals surface area contributed by atoms with Gasteiger partial charge < -0.3 is 5.32 Å². The summed E-state index contributed by atoms with van der Waals surface area (Å²) in [6, 6.07) is 11.9. The monoisotopic (exact) mass is 415 g/mol. The fourth-order valence-corrected chi connectivity index (χ4v) is 3.26. The highest BCUT2D eigenvalue weighted by Gasteiger charge is 2.35. The fraction of sp³-hybridized carbons (Fsp3) is 0.158. The number of halogens is 2. The smallest absolute Gasteiger partial charge is 0.252 e. The molecular weight excluding hydrogens is 401 g/mol. The van der Waals surface area contributed by atoms with Crippen molar-refractivity contribution in [2.45, 2.75) is 19.4 Å². The number of fused-ring (bicyclic) bond motifs is 1. The van der Waals surface area contributed by atoms with Crippen molar-refractivity contribution in [3.8, 4) is 11.4 Å². The molecule has 2 N–H and O–H groups in total. The summed E-state index contributed by atoms with van der Waals surface area (Å²) in [4.78, 5) is 29.1. The Bertz CT molecular complexity index is 1080. The van der Waals surface area contributed by atoms with E-state index in [1.54, 1.807) is 18.2 Å². The number of carbonyl (C=O) groups excluding carboxylic acids is 2. The van der Waals surface area contributed by atoms with Gasteiger partial charge in [0.25, 0.3) is 5.91 Å². The maximum absolute atomic E-state index is 12.4. The van der Waals surface area contributed by atoms with Gasteiger partial charge in [-0.1, -0.05) is 59.1 Å². The minimum Gasteiger partial charge on any atom is -0.325 e. The minimum absolute atomic E-state index is 0.113. The maximum atomic E-state index is 12.4. The van der Waals surface area contributed by atoms with E-state index in [1.165, 1.54) is 4.68 Å². The number of aromatic nitrogens is 3. The molecule has 0 bridgehead atoms. The first-order valence-corrected chi connectivity index (χ1v) is 9.26. The van der Waals surface area contributed by atoms with Crippen LogP contribution in [-0.4, -0.2) is 26.6 Å². The zero-order chi connectivity index (χ0) is 19.8. The predicted octanol–water partition coefficient (Wildman–Crippen LogP) is 4.08. The molecule has 2 amide bonds. The van der Waals surface area contributed by atoms with Crippen LogP contribution >= 0.6 is 23.2 Å². The first kappa shape index (κ1) is 18.5. The second kappa shape index (κ2) is 7.26. The number of rotatable bonds is 4. The number of anilines is 2. The van der Waals surface area contributed by atoms with Crippen molar-refractivity contribution < 1.29 is 9.59 Å². The van der Waals surface area contributed by atoms with Crippen LogP contribution in [0.1, 0.15) is 18.0 Å². The zero-order valence-electron chi connectivity index (χ0n) is 14.7. The molecule has 1 aliphatic rings. The van der Waals surface area contributed by atoms with Gasteiger partial charge in [0.05, 0.1) is 22.2 Å². The Balaban J connectivity index is 1.53. The van der Waals surface area contributed by atoms with Crippen LogP contribution < -0.4 is 10.6 Å². The summed E-state index contributed by atoms with van der Waals surface area (Å²) in [5.41, 5.74) is 2.34. The van der Waals surface area contributed by atoms with Gasteiger partial charge in [-0.15, -0.1) is 5.10 Å². The fourth-order valence-electron chi connectivity index (χ4n) is 2.91. The molecule has 4 rings (SSSR count). The van der Waals surface area contributed by atoms with Crippen molar-refractivity contribution in [2.75, 3.05) is 10.6 Å². The summed E-state index contributed by atoms with van der Waals surface area (Å²) in [6.07, 6.45) is -0.113. The van der Waals surface area contributed by atoms with Gasteiger partial charge in [-0.05, 0) is 19.1 Å². The van der Waals surface area contributed by atoms with Crippen LogP contribution in [0.4, 0.5) is 11.6 Å². The van der Waals surface area contributed by atoms with Gasteiger partial charge in [0.15, 0.2) is 5.82 Å². The Labute approximate surface area is 170 Å². The molecule has 7 nitrogen and oxygen atoms in total. The Morgan fingerprint density at radius 3 is 2.71 bits per heavy atom. The number of aryl methyl sites for hydroxylation is 1. The maximum Gasteiger partial charge on any atom is 0.252 e. The molecule has 0 radical (unpaired) electrons. The van der Waals surface area contributed by atoms with Crippen LogP contribution in [0.5, 0.6) is 0 Å². The van der Waals surface area contributed by atoms with Gasteiger partial charge in [0.2, 0.25) is 11.9 Å². The van der Waals surface area contributed by atoms with E-state index in [-0.39, 0.29) is 23.3 Å². The summed E-state index contributed by atoms with van der Waals surface area (Å²) in [6.45, 7) is 1.99. The second-order valence-electron chi connectivity index (χ2n) is 6.43. The van der Waals surface area contributed by atoms with Crippen LogP contribution in [-0.2, 0) is 9.59 Å². The van der Waals surface area contributed by atoms with Gasteiger partial charge in [-0.25, -0.2) is 4.68 Å². The van der Waals surface area contributed by atoms with Crippen molar-refractivity contribution in [1.82, 2.24) is 14.8 Å². The lowest BCUT2D eigenvalue weighted by atomic mass is 10.1. The number of hydrogen-bond acceptors (Lipinski definition) is 4. The van der Waals surface area contributed by atoms with E-state index in [2.05, 4.69) is 20.7 Å². The molecule has 9 heteroatoms. The molecule has 1 aromatic heterocycles. The standard InChI is InChI=1S/C19H15Cl2N5O2/c1-10-5-7-11(8-6-10)17-23-19-24-18(28)14(26(19)25-17)9-15(27)22-13-4-2-3-12(20)16(13)21/h2-8,14H,9H2,1H3,(H,22,27)(H,23,24,25,28)/t14-/m1/s1. The molecule has 1 aliphatic heterocycles.